The molecule has 0 saturated carbocycles. The number of carbonyl (C=O) groups excluding carboxylic acids is 1. The van der Waals surface area contributed by atoms with Gasteiger partial charge in [-0.15, -0.1) is 0 Å². The summed E-state index contributed by atoms with van der Waals surface area (Å²) in [6, 6.07) is 8.92. The smallest absolute Gasteiger partial charge is 0.258 e. The number of piperazine rings is 1. The molecule has 162 valence electrons. The molecule has 0 aliphatic carbocycles. The molecule has 1 aromatic heterocycles. The maximum atomic E-state index is 13.2. The van der Waals surface area contributed by atoms with Crippen molar-refractivity contribution in [1.29, 1.82) is 0 Å². The minimum absolute atomic E-state index is 0.00747. The van der Waals surface area contributed by atoms with Crippen molar-refractivity contribution >= 4 is 17.5 Å². The van der Waals surface area contributed by atoms with Crippen LogP contribution in [0.15, 0.2) is 24.3 Å². The molecule has 1 unspecified atom stereocenters. The van der Waals surface area contributed by atoms with Gasteiger partial charge in [-0.2, -0.15) is 5.10 Å². The van der Waals surface area contributed by atoms with Gasteiger partial charge in [-0.05, 0) is 45.8 Å². The number of rotatable bonds is 4. The number of halogens is 1. The van der Waals surface area contributed by atoms with Crippen molar-refractivity contribution in [3.8, 4) is 0 Å². The van der Waals surface area contributed by atoms with E-state index in [1.807, 2.05) is 11.8 Å². The summed E-state index contributed by atoms with van der Waals surface area (Å²) in [5.41, 5.74) is 3.59. The maximum absolute atomic E-state index is 13.2. The van der Waals surface area contributed by atoms with Gasteiger partial charge in [0, 0.05) is 38.8 Å². The zero-order valence-corrected chi connectivity index (χ0v) is 19.0. The number of amides is 1. The van der Waals surface area contributed by atoms with E-state index in [0.29, 0.717) is 29.0 Å². The standard InChI is InChI=1S/C23H32ClN5O/c1-17-6-8-19(9-7-17)15-29-22(24)21(18(2)25-29)23(30)28-13-11-27(12-14-28)20-5-4-10-26(3)16-20/h6-9,20H,4-5,10-16H2,1-3H3. The van der Waals surface area contributed by atoms with Gasteiger partial charge in [0.2, 0.25) is 0 Å². The van der Waals surface area contributed by atoms with Gasteiger partial charge in [0.25, 0.3) is 5.91 Å². The fourth-order valence-corrected chi connectivity index (χ4v) is 4.97. The Morgan fingerprint density at radius 3 is 2.47 bits per heavy atom. The summed E-state index contributed by atoms with van der Waals surface area (Å²) >= 11 is 6.63. The molecular weight excluding hydrogens is 398 g/mol. The molecule has 1 atom stereocenters. The van der Waals surface area contributed by atoms with Crippen LogP contribution in [-0.2, 0) is 6.54 Å². The highest BCUT2D eigenvalue weighted by Crippen LogP contribution is 2.24. The van der Waals surface area contributed by atoms with Gasteiger partial charge >= 0.3 is 0 Å². The van der Waals surface area contributed by atoms with Gasteiger partial charge in [0.05, 0.1) is 17.8 Å². The summed E-state index contributed by atoms with van der Waals surface area (Å²) in [6.45, 7) is 10.2. The molecule has 7 heteroatoms. The molecule has 0 N–H and O–H groups in total. The highest BCUT2D eigenvalue weighted by Gasteiger charge is 2.31. The number of carbonyl (C=O) groups is 1. The largest absolute Gasteiger partial charge is 0.336 e. The Hall–Kier alpha value is -1.89. The molecule has 3 heterocycles. The van der Waals surface area contributed by atoms with Crippen LogP contribution in [0.4, 0.5) is 0 Å². The fourth-order valence-electron chi connectivity index (χ4n) is 4.65. The lowest BCUT2D eigenvalue weighted by Crippen LogP contribution is -2.55. The van der Waals surface area contributed by atoms with Crippen molar-refractivity contribution in [3.05, 3.63) is 51.8 Å². The van der Waals surface area contributed by atoms with Gasteiger partial charge < -0.3 is 9.80 Å². The highest BCUT2D eigenvalue weighted by molar-refractivity contribution is 6.33. The second-order valence-electron chi connectivity index (χ2n) is 8.78. The van der Waals surface area contributed by atoms with Crippen molar-refractivity contribution < 1.29 is 4.79 Å². The molecule has 0 spiro atoms. The minimum Gasteiger partial charge on any atom is -0.336 e. The lowest BCUT2D eigenvalue weighted by molar-refractivity contribution is 0.0451. The Morgan fingerprint density at radius 2 is 1.80 bits per heavy atom. The predicted molar refractivity (Wildman–Crippen MR) is 120 cm³/mol. The Kier molecular flexibility index (Phi) is 6.46. The number of hydrogen-bond donors (Lipinski definition) is 0. The van der Waals surface area contributed by atoms with E-state index in [0.717, 1.165) is 38.3 Å². The van der Waals surface area contributed by atoms with Crippen LogP contribution in [0.2, 0.25) is 5.15 Å². The summed E-state index contributed by atoms with van der Waals surface area (Å²) in [7, 11) is 2.20. The topological polar surface area (TPSA) is 44.6 Å². The average Bonchev–Trinajstić information content (AvgIpc) is 3.02. The first kappa shape index (κ1) is 21.3. The van der Waals surface area contributed by atoms with Crippen LogP contribution in [0.1, 0.15) is 40.0 Å². The molecule has 2 aromatic rings. The lowest BCUT2D eigenvalue weighted by Gasteiger charge is -2.42. The number of piperidine rings is 1. The van der Waals surface area contributed by atoms with E-state index < -0.39 is 0 Å². The van der Waals surface area contributed by atoms with Crippen LogP contribution in [0, 0.1) is 13.8 Å². The van der Waals surface area contributed by atoms with E-state index in [1.165, 1.54) is 24.9 Å². The summed E-state index contributed by atoms with van der Waals surface area (Å²) in [4.78, 5) is 20.2. The molecule has 2 fully saturated rings. The first-order chi connectivity index (χ1) is 14.4. The third-order valence-electron chi connectivity index (χ3n) is 6.45. The number of aromatic nitrogens is 2. The Morgan fingerprint density at radius 1 is 1.10 bits per heavy atom. The fraction of sp³-hybridized carbons (Fsp3) is 0.565. The first-order valence-corrected chi connectivity index (χ1v) is 11.3. The molecule has 30 heavy (non-hydrogen) atoms. The third kappa shape index (κ3) is 4.56. The molecule has 0 bridgehead atoms. The molecule has 0 radical (unpaired) electrons. The normalized spacial score (nSPS) is 21.2. The van der Waals surface area contributed by atoms with Crippen molar-refractivity contribution in [2.24, 2.45) is 0 Å². The van der Waals surface area contributed by atoms with E-state index in [1.54, 1.807) is 4.68 Å². The molecule has 2 aliphatic heterocycles. The number of likely N-dealkylation sites (tertiary alicyclic amines) is 1. The summed E-state index contributed by atoms with van der Waals surface area (Å²) in [5, 5.41) is 5.00. The molecule has 2 saturated heterocycles. The first-order valence-electron chi connectivity index (χ1n) is 10.9. The van der Waals surface area contributed by atoms with Crippen LogP contribution in [0.25, 0.3) is 0 Å². The number of nitrogens with zero attached hydrogens (tertiary/aromatic N) is 5. The van der Waals surface area contributed by atoms with Crippen molar-refractivity contribution in [1.82, 2.24) is 24.5 Å². The third-order valence-corrected chi connectivity index (χ3v) is 6.83. The van der Waals surface area contributed by atoms with Gasteiger partial charge in [-0.1, -0.05) is 41.4 Å². The molecular formula is C23H32ClN5O. The van der Waals surface area contributed by atoms with Crippen LogP contribution in [0.5, 0.6) is 0 Å². The molecule has 2 aliphatic rings. The van der Waals surface area contributed by atoms with Gasteiger partial charge in [-0.3, -0.25) is 9.69 Å². The zero-order valence-electron chi connectivity index (χ0n) is 18.3. The predicted octanol–water partition coefficient (Wildman–Crippen LogP) is 3.05. The second-order valence-corrected chi connectivity index (χ2v) is 9.14. The van der Waals surface area contributed by atoms with Crippen LogP contribution in [0.3, 0.4) is 0 Å². The van der Waals surface area contributed by atoms with Crippen molar-refractivity contribution in [2.45, 2.75) is 39.3 Å². The monoisotopic (exact) mass is 429 g/mol. The van der Waals surface area contributed by atoms with Gasteiger partial charge in [-0.25, -0.2) is 4.68 Å². The van der Waals surface area contributed by atoms with Gasteiger partial charge in [0.1, 0.15) is 5.15 Å². The van der Waals surface area contributed by atoms with Gasteiger partial charge in [0.15, 0.2) is 0 Å². The summed E-state index contributed by atoms with van der Waals surface area (Å²) < 4.78 is 1.74. The summed E-state index contributed by atoms with van der Waals surface area (Å²) in [5.74, 6) is 0.00747. The van der Waals surface area contributed by atoms with Crippen molar-refractivity contribution in [3.63, 3.8) is 0 Å². The number of benzene rings is 1. The number of aryl methyl sites for hydroxylation is 2. The number of hydrogen-bond acceptors (Lipinski definition) is 4. The van der Waals surface area contributed by atoms with Crippen molar-refractivity contribution in [2.75, 3.05) is 46.3 Å². The molecule has 1 aromatic carbocycles. The SMILES string of the molecule is Cc1ccc(Cn2nc(C)c(C(=O)N3CCN(C4CCCN(C)C4)CC3)c2Cl)cc1. The highest BCUT2D eigenvalue weighted by atomic mass is 35.5. The summed E-state index contributed by atoms with van der Waals surface area (Å²) in [6.07, 6.45) is 2.52. The van der Waals surface area contributed by atoms with Crippen LogP contribution in [-0.4, -0.2) is 82.7 Å². The Bertz CT molecular complexity index is 886. The number of likely N-dealkylation sites (N-methyl/N-ethyl adjacent to an activating group) is 1. The van der Waals surface area contributed by atoms with Crippen LogP contribution < -0.4 is 0 Å². The van der Waals surface area contributed by atoms with E-state index in [-0.39, 0.29) is 5.91 Å². The average molecular weight is 430 g/mol. The quantitative estimate of drug-likeness (QED) is 0.749. The zero-order chi connectivity index (χ0) is 21.3. The van der Waals surface area contributed by atoms with E-state index >= 15 is 0 Å². The second kappa shape index (κ2) is 9.08. The molecule has 1 amide bonds. The Labute approximate surface area is 184 Å². The Balaban J connectivity index is 1.41. The van der Waals surface area contributed by atoms with Crippen LogP contribution >= 0.6 is 11.6 Å². The van der Waals surface area contributed by atoms with E-state index in [4.69, 9.17) is 11.6 Å². The lowest BCUT2D eigenvalue weighted by atomic mass is 10.0. The molecule has 6 nitrogen and oxygen atoms in total. The maximum Gasteiger partial charge on any atom is 0.258 e. The minimum atomic E-state index is 0.00747. The van der Waals surface area contributed by atoms with E-state index in [2.05, 4.69) is 53.1 Å². The van der Waals surface area contributed by atoms with E-state index in [9.17, 15) is 4.79 Å². The molecule has 4 rings (SSSR count).